The highest BCUT2D eigenvalue weighted by Crippen LogP contribution is 2.70. The van der Waals surface area contributed by atoms with Crippen LogP contribution in [0.2, 0.25) is 0 Å². The Hall–Kier alpha value is -5.44. The third-order valence-corrected chi connectivity index (χ3v) is 13.8. The first-order valence-corrected chi connectivity index (χ1v) is 19.8. The number of aromatic amines is 2. The summed E-state index contributed by atoms with van der Waals surface area (Å²) in [5, 5.41) is 10.6. The number of carbonyl (C=O) groups is 5. The van der Waals surface area contributed by atoms with Gasteiger partial charge >= 0.3 is 0 Å². The van der Waals surface area contributed by atoms with Crippen molar-refractivity contribution in [1.29, 1.82) is 0 Å². The number of anilines is 2. The Balaban J connectivity index is 0.000000150. The van der Waals surface area contributed by atoms with Crippen molar-refractivity contribution in [2.75, 3.05) is 49.6 Å². The van der Waals surface area contributed by atoms with E-state index in [9.17, 15) is 32.8 Å². The topological polar surface area (TPSA) is 155 Å². The summed E-state index contributed by atoms with van der Waals surface area (Å²) in [6.07, 6.45) is 5.28. The first kappa shape index (κ1) is 37.2. The molecule has 3 N–H and O–H groups in total. The van der Waals surface area contributed by atoms with Gasteiger partial charge in [-0.15, -0.1) is 0 Å². The van der Waals surface area contributed by atoms with Crippen molar-refractivity contribution >= 4 is 52.3 Å². The fourth-order valence-corrected chi connectivity index (χ4v) is 9.92. The van der Waals surface area contributed by atoms with Crippen molar-refractivity contribution in [3.05, 3.63) is 64.8 Å². The fraction of sp³-hybridized carbons (Fsp3) is 0.476. The molecule has 3 atom stereocenters. The number of hydrogen-bond donors (Lipinski definition) is 3. The van der Waals surface area contributed by atoms with Gasteiger partial charge in [0.15, 0.2) is 0 Å². The fourth-order valence-electron chi connectivity index (χ4n) is 9.92. The van der Waals surface area contributed by atoms with E-state index in [-0.39, 0.29) is 18.7 Å². The first-order valence-electron chi connectivity index (χ1n) is 19.8. The molecule has 3 saturated heterocycles. The standard InChI is InChI=1S/C23H28N4O4.C19H18F2N4O/c1-2-25-10-7-23(8-11-25)9-12-26(14-23)15-3-4-16-17(13-15)22(31)27(21(16)30)18-5-6-19(28)24-20(18)29;1-18-8-15-12(7-16(18)19(18,20)21)17(24-23-15)14-5-10-3-4-11(25(2)9-26)6-13(10)22-14/h3-4,13,18H,2,5-12,14H2,1H3,(H,24,28,29);3-6,9,16,22H,7-8H2,1-2H3,(H,23,24). The Morgan fingerprint density at radius 2 is 1.74 bits per heavy atom. The molecule has 0 bridgehead atoms. The molecular formula is C42H46F2N8O5. The van der Waals surface area contributed by atoms with Crippen LogP contribution in [0.3, 0.4) is 0 Å². The molecule has 1 spiro atoms. The van der Waals surface area contributed by atoms with Crippen LogP contribution >= 0.6 is 0 Å². The van der Waals surface area contributed by atoms with Gasteiger partial charge in [-0.1, -0.05) is 19.9 Å². The van der Waals surface area contributed by atoms with Crippen molar-refractivity contribution in [2.45, 2.75) is 70.8 Å². The average Bonchev–Trinajstić information content (AvgIpc) is 3.84. The molecule has 4 aliphatic heterocycles. The van der Waals surface area contributed by atoms with E-state index in [0.717, 1.165) is 89.7 Å². The molecule has 6 aliphatic rings. The maximum Gasteiger partial charge on any atom is 0.262 e. The second-order valence-electron chi connectivity index (χ2n) is 17.0. The number of aromatic nitrogens is 3. The van der Waals surface area contributed by atoms with E-state index in [4.69, 9.17) is 0 Å². The minimum atomic E-state index is -2.60. The summed E-state index contributed by atoms with van der Waals surface area (Å²) < 4.78 is 28.2. The Labute approximate surface area is 328 Å². The van der Waals surface area contributed by atoms with Gasteiger partial charge in [-0.25, -0.2) is 8.78 Å². The van der Waals surface area contributed by atoms with E-state index >= 15 is 0 Å². The van der Waals surface area contributed by atoms with E-state index < -0.39 is 41.0 Å². The van der Waals surface area contributed by atoms with E-state index in [1.807, 2.05) is 36.4 Å². The number of nitrogens with zero attached hydrogens (tertiary/aromatic N) is 5. The lowest BCUT2D eigenvalue weighted by Gasteiger charge is -2.39. The number of imide groups is 2. The van der Waals surface area contributed by atoms with Crippen LogP contribution in [0.4, 0.5) is 20.2 Å². The molecule has 0 radical (unpaired) electrons. The lowest BCUT2D eigenvalue weighted by atomic mass is 9.78. The molecule has 3 unspecified atom stereocenters. The number of halogens is 2. The SMILES string of the molecule is CCN1CCC2(CC1)CCN(c1ccc3c(c1)C(=O)N(C1CCC(=O)NC1=O)C3=O)C2.CN(C=O)c1ccc2cc(-c3n[nH]c4c3CC3C(F)(F)C3(C)C4)[nH]c2c1. The summed E-state index contributed by atoms with van der Waals surface area (Å²) in [5.74, 6) is -5.04. The Kier molecular flexibility index (Phi) is 8.68. The monoisotopic (exact) mass is 780 g/mol. The van der Waals surface area contributed by atoms with Crippen LogP contribution in [0.25, 0.3) is 22.3 Å². The first-order chi connectivity index (χ1) is 27.3. The summed E-state index contributed by atoms with van der Waals surface area (Å²) >= 11 is 0. The number of fused-ring (bicyclic) bond motifs is 4. The highest BCUT2D eigenvalue weighted by atomic mass is 19.3. The zero-order valence-corrected chi connectivity index (χ0v) is 32.3. The van der Waals surface area contributed by atoms with Crippen molar-refractivity contribution in [1.82, 2.24) is 30.3 Å². The number of hydrogen-bond acceptors (Lipinski definition) is 8. The number of carbonyl (C=O) groups excluding carboxylic acids is 5. The molecule has 2 aliphatic carbocycles. The van der Waals surface area contributed by atoms with Gasteiger partial charge < -0.3 is 19.7 Å². The van der Waals surface area contributed by atoms with Crippen LogP contribution in [0.15, 0.2) is 42.5 Å². The maximum atomic E-state index is 14.1. The smallest absolute Gasteiger partial charge is 0.262 e. The van der Waals surface area contributed by atoms with Crippen molar-refractivity contribution in [3.8, 4) is 11.4 Å². The summed E-state index contributed by atoms with van der Waals surface area (Å²) in [7, 11) is 1.69. The third kappa shape index (κ3) is 5.95. The van der Waals surface area contributed by atoms with Crippen LogP contribution in [-0.4, -0.2) is 107 Å². The molecule has 6 heterocycles. The van der Waals surface area contributed by atoms with Crippen LogP contribution in [-0.2, 0) is 27.2 Å². The largest absolute Gasteiger partial charge is 0.371 e. The highest BCUT2D eigenvalue weighted by Gasteiger charge is 2.78. The number of amides is 5. The molecule has 5 amide bonds. The summed E-state index contributed by atoms with van der Waals surface area (Å²) in [6.45, 7) is 9.18. The Bertz CT molecular complexity index is 2350. The summed E-state index contributed by atoms with van der Waals surface area (Å²) in [4.78, 5) is 71.3. The molecule has 15 heteroatoms. The van der Waals surface area contributed by atoms with Crippen LogP contribution in [0.5, 0.6) is 0 Å². The number of likely N-dealkylation sites (tertiary alicyclic amines) is 1. The molecule has 1 saturated carbocycles. The van der Waals surface area contributed by atoms with Gasteiger partial charge in [0, 0.05) is 77.8 Å². The van der Waals surface area contributed by atoms with E-state index in [2.05, 4.69) is 37.2 Å². The van der Waals surface area contributed by atoms with Gasteiger partial charge in [-0.2, -0.15) is 5.10 Å². The van der Waals surface area contributed by atoms with Gasteiger partial charge in [-0.05, 0) is 93.6 Å². The van der Waals surface area contributed by atoms with Gasteiger partial charge in [0.2, 0.25) is 18.2 Å². The van der Waals surface area contributed by atoms with Gasteiger partial charge in [0.1, 0.15) is 11.7 Å². The highest BCUT2D eigenvalue weighted by molar-refractivity contribution is 6.23. The van der Waals surface area contributed by atoms with Crippen LogP contribution in [0.1, 0.15) is 77.9 Å². The quantitative estimate of drug-likeness (QED) is 0.184. The number of alkyl halides is 2. The molecule has 57 heavy (non-hydrogen) atoms. The minimum Gasteiger partial charge on any atom is -0.371 e. The molecule has 13 nitrogen and oxygen atoms in total. The zero-order valence-electron chi connectivity index (χ0n) is 32.3. The minimum absolute atomic E-state index is 0.125. The molecule has 298 valence electrons. The lowest BCUT2D eigenvalue weighted by molar-refractivity contribution is -0.136. The van der Waals surface area contributed by atoms with E-state index in [1.54, 1.807) is 20.0 Å². The predicted molar refractivity (Wildman–Crippen MR) is 208 cm³/mol. The number of nitrogens with one attached hydrogen (secondary N) is 3. The number of piperidine rings is 2. The van der Waals surface area contributed by atoms with Gasteiger partial charge in [0.05, 0.1) is 16.8 Å². The zero-order chi connectivity index (χ0) is 40.0. The second-order valence-corrected chi connectivity index (χ2v) is 17.0. The number of H-pyrrole nitrogens is 2. The lowest BCUT2D eigenvalue weighted by Crippen LogP contribution is -2.54. The van der Waals surface area contributed by atoms with Gasteiger partial charge in [0.25, 0.3) is 17.7 Å². The van der Waals surface area contributed by atoms with E-state index in [1.165, 1.54) is 17.7 Å². The normalized spacial score (nSPS) is 25.8. The van der Waals surface area contributed by atoms with Crippen LogP contribution < -0.4 is 15.1 Å². The van der Waals surface area contributed by atoms with Crippen molar-refractivity contribution in [2.24, 2.45) is 16.7 Å². The molecule has 10 rings (SSSR count). The van der Waals surface area contributed by atoms with Crippen LogP contribution in [0, 0.1) is 16.7 Å². The van der Waals surface area contributed by atoms with Crippen molar-refractivity contribution in [3.63, 3.8) is 0 Å². The van der Waals surface area contributed by atoms with Gasteiger partial charge in [-0.3, -0.25) is 39.3 Å². The number of benzene rings is 2. The summed E-state index contributed by atoms with van der Waals surface area (Å²) in [6, 6.07) is 12.2. The Morgan fingerprint density at radius 3 is 2.47 bits per heavy atom. The molecule has 4 fully saturated rings. The predicted octanol–water partition coefficient (Wildman–Crippen LogP) is 4.92. The molecule has 2 aromatic heterocycles. The average molecular weight is 781 g/mol. The Morgan fingerprint density at radius 1 is 0.982 bits per heavy atom. The third-order valence-electron chi connectivity index (χ3n) is 13.8. The van der Waals surface area contributed by atoms with Crippen molar-refractivity contribution < 1.29 is 32.8 Å². The number of rotatable bonds is 6. The summed E-state index contributed by atoms with van der Waals surface area (Å²) in [5.41, 5.74) is 5.93. The molecule has 4 aromatic rings. The second kappa shape index (κ2) is 13.3. The maximum absolute atomic E-state index is 14.1. The van der Waals surface area contributed by atoms with E-state index in [0.29, 0.717) is 35.1 Å². The molecule has 2 aromatic carbocycles. The molecular weight excluding hydrogens is 735 g/mol.